The number of rotatable bonds is 1. The molecule has 2 heterocycles. The first kappa shape index (κ1) is 9.85. The number of aromatic nitrogens is 1. The van der Waals surface area contributed by atoms with Crippen molar-refractivity contribution in [1.29, 1.82) is 0 Å². The van der Waals surface area contributed by atoms with Gasteiger partial charge in [-0.3, -0.25) is 4.79 Å². The van der Waals surface area contributed by atoms with E-state index in [-0.39, 0.29) is 15.0 Å². The summed E-state index contributed by atoms with van der Waals surface area (Å²) in [5.41, 5.74) is -0.411. The third-order valence-corrected chi connectivity index (χ3v) is 3.03. The van der Waals surface area contributed by atoms with Gasteiger partial charge in [0.1, 0.15) is 15.4 Å². The van der Waals surface area contributed by atoms with Crippen LogP contribution in [0.4, 0.5) is 4.39 Å². The fraction of sp³-hybridized carbons (Fsp3) is 0.111. The van der Waals surface area contributed by atoms with Crippen LogP contribution in [-0.2, 0) is 4.74 Å². The predicted molar refractivity (Wildman–Crippen MR) is 53.7 cm³/mol. The zero-order valence-electron chi connectivity index (χ0n) is 7.67. The molecule has 2 rings (SSSR count). The number of fused-ring (bicyclic) bond motifs is 1. The minimum Gasteiger partial charge on any atom is -0.465 e. The lowest BCUT2D eigenvalue weighted by molar-refractivity contribution is 0.0606. The molecule has 0 atom stereocenters. The minimum absolute atomic E-state index is 0.143. The Morgan fingerprint density at radius 1 is 1.60 bits per heavy atom. The molecule has 2 aromatic heterocycles. The van der Waals surface area contributed by atoms with Crippen LogP contribution in [0.3, 0.4) is 0 Å². The number of hydrogen-bond acceptors (Lipinski definition) is 4. The Hall–Kier alpha value is -1.69. The first-order valence-electron chi connectivity index (χ1n) is 4.02. The summed E-state index contributed by atoms with van der Waals surface area (Å²) in [5, 5.41) is 0.143. The maximum Gasteiger partial charge on any atom is 0.348 e. The monoisotopic (exact) mass is 227 g/mol. The highest BCUT2D eigenvalue weighted by Crippen LogP contribution is 2.24. The summed E-state index contributed by atoms with van der Waals surface area (Å²) in [6.07, 6.45) is 0.971. The fourth-order valence-corrected chi connectivity index (χ4v) is 2.19. The zero-order chi connectivity index (χ0) is 11.0. The number of thiophene rings is 1. The van der Waals surface area contributed by atoms with Gasteiger partial charge in [0.05, 0.1) is 7.11 Å². The highest BCUT2D eigenvalue weighted by molar-refractivity contribution is 7.20. The van der Waals surface area contributed by atoms with Crippen molar-refractivity contribution in [2.45, 2.75) is 0 Å². The molecule has 0 radical (unpaired) electrons. The van der Waals surface area contributed by atoms with Crippen LogP contribution < -0.4 is 5.56 Å². The van der Waals surface area contributed by atoms with Gasteiger partial charge in [-0.15, -0.1) is 11.3 Å². The topological polar surface area (TPSA) is 59.2 Å². The molecule has 0 aromatic carbocycles. The van der Waals surface area contributed by atoms with Crippen LogP contribution in [0, 0.1) is 5.82 Å². The van der Waals surface area contributed by atoms with E-state index < -0.39 is 17.3 Å². The number of halogens is 1. The molecule has 0 aliphatic carbocycles. The van der Waals surface area contributed by atoms with E-state index in [2.05, 4.69) is 9.72 Å². The summed E-state index contributed by atoms with van der Waals surface area (Å²) in [4.78, 5) is 24.9. The summed E-state index contributed by atoms with van der Waals surface area (Å²) in [6, 6.07) is 1.32. The Bertz CT molecular complexity index is 587. The van der Waals surface area contributed by atoms with E-state index in [1.807, 2.05) is 0 Å². The number of hydrogen-bond donors (Lipinski definition) is 1. The van der Waals surface area contributed by atoms with Crippen molar-refractivity contribution in [2.75, 3.05) is 7.11 Å². The number of H-pyrrole nitrogens is 1. The largest absolute Gasteiger partial charge is 0.465 e. The lowest BCUT2D eigenvalue weighted by Gasteiger charge is -1.90. The van der Waals surface area contributed by atoms with Crippen molar-refractivity contribution in [3.8, 4) is 0 Å². The van der Waals surface area contributed by atoms with Gasteiger partial charge in [-0.05, 0) is 6.07 Å². The average Bonchev–Trinajstić information content (AvgIpc) is 2.68. The maximum atomic E-state index is 13.2. The van der Waals surface area contributed by atoms with E-state index in [1.54, 1.807) is 0 Å². The van der Waals surface area contributed by atoms with Crippen LogP contribution in [0.1, 0.15) is 9.67 Å². The summed E-state index contributed by atoms with van der Waals surface area (Å²) >= 11 is 0.912. The van der Waals surface area contributed by atoms with E-state index in [1.165, 1.54) is 13.2 Å². The summed E-state index contributed by atoms with van der Waals surface area (Å²) in [7, 11) is 1.23. The Labute approximate surface area is 87.3 Å². The van der Waals surface area contributed by atoms with Gasteiger partial charge in [-0.25, -0.2) is 9.18 Å². The zero-order valence-corrected chi connectivity index (χ0v) is 8.48. The Balaban J connectivity index is 2.75. The normalized spacial score (nSPS) is 10.5. The molecule has 0 unspecified atom stereocenters. The molecule has 0 spiro atoms. The first-order valence-corrected chi connectivity index (χ1v) is 4.84. The van der Waals surface area contributed by atoms with Gasteiger partial charge < -0.3 is 9.72 Å². The molecule has 0 aliphatic heterocycles. The van der Waals surface area contributed by atoms with Gasteiger partial charge >= 0.3 is 5.97 Å². The molecule has 0 amide bonds. The molecule has 6 heteroatoms. The molecule has 78 valence electrons. The van der Waals surface area contributed by atoms with Crippen LogP contribution in [0.15, 0.2) is 17.1 Å². The molecule has 1 N–H and O–H groups in total. The highest BCUT2D eigenvalue weighted by atomic mass is 32.1. The van der Waals surface area contributed by atoms with Gasteiger partial charge in [0, 0.05) is 11.6 Å². The van der Waals surface area contributed by atoms with Crippen molar-refractivity contribution < 1.29 is 13.9 Å². The third kappa shape index (κ3) is 1.52. The average molecular weight is 227 g/mol. The molecular formula is C9H6FNO3S. The van der Waals surface area contributed by atoms with Crippen LogP contribution in [0.5, 0.6) is 0 Å². The van der Waals surface area contributed by atoms with Crippen molar-refractivity contribution in [1.82, 2.24) is 4.98 Å². The van der Waals surface area contributed by atoms with Crippen LogP contribution in [0.25, 0.3) is 10.1 Å². The SMILES string of the molecule is COC(=O)c1cc2c(F)c[nH]c(=O)c2s1. The van der Waals surface area contributed by atoms with Crippen LogP contribution >= 0.6 is 11.3 Å². The van der Waals surface area contributed by atoms with Crippen molar-refractivity contribution in [2.24, 2.45) is 0 Å². The molecule has 0 saturated carbocycles. The van der Waals surface area contributed by atoms with E-state index in [4.69, 9.17) is 0 Å². The van der Waals surface area contributed by atoms with E-state index in [0.717, 1.165) is 17.5 Å². The number of pyridine rings is 1. The van der Waals surface area contributed by atoms with E-state index in [9.17, 15) is 14.0 Å². The number of esters is 1. The molecule has 4 nitrogen and oxygen atoms in total. The van der Waals surface area contributed by atoms with Gasteiger partial charge in [0.2, 0.25) is 0 Å². The molecule has 0 aliphatic rings. The lowest BCUT2D eigenvalue weighted by Crippen LogP contribution is -2.03. The lowest BCUT2D eigenvalue weighted by atomic mass is 10.3. The number of aromatic amines is 1. The number of ether oxygens (including phenoxy) is 1. The standard InChI is InChI=1S/C9H6FNO3S/c1-14-9(13)6-2-4-5(10)3-11-8(12)7(4)15-6/h2-3H,1H3,(H,11,12). The smallest absolute Gasteiger partial charge is 0.348 e. The van der Waals surface area contributed by atoms with E-state index in [0.29, 0.717) is 0 Å². The van der Waals surface area contributed by atoms with Crippen molar-refractivity contribution >= 4 is 27.4 Å². The second kappa shape index (κ2) is 3.47. The van der Waals surface area contributed by atoms with Gasteiger partial charge in [0.15, 0.2) is 0 Å². The van der Waals surface area contributed by atoms with Gasteiger partial charge in [0.25, 0.3) is 5.56 Å². The predicted octanol–water partition coefficient (Wildman–Crippen LogP) is 1.52. The third-order valence-electron chi connectivity index (χ3n) is 1.91. The fourth-order valence-electron chi connectivity index (χ4n) is 1.21. The number of carbonyl (C=O) groups is 1. The highest BCUT2D eigenvalue weighted by Gasteiger charge is 2.14. The summed E-state index contributed by atoms with van der Waals surface area (Å²) in [6.45, 7) is 0. The van der Waals surface area contributed by atoms with E-state index >= 15 is 0 Å². The van der Waals surface area contributed by atoms with Crippen LogP contribution in [-0.4, -0.2) is 18.1 Å². The quantitative estimate of drug-likeness (QED) is 0.751. The van der Waals surface area contributed by atoms with Crippen molar-refractivity contribution in [3.05, 3.63) is 33.3 Å². The number of carbonyl (C=O) groups excluding carboxylic acids is 1. The maximum absolute atomic E-state index is 13.2. The van der Waals surface area contributed by atoms with Crippen LogP contribution in [0.2, 0.25) is 0 Å². The van der Waals surface area contributed by atoms with Crippen molar-refractivity contribution in [3.63, 3.8) is 0 Å². The molecule has 0 fully saturated rings. The Kier molecular flexibility index (Phi) is 2.28. The second-order valence-electron chi connectivity index (χ2n) is 2.81. The first-order chi connectivity index (χ1) is 7.13. The number of nitrogens with one attached hydrogen (secondary N) is 1. The second-order valence-corrected chi connectivity index (χ2v) is 3.86. The Morgan fingerprint density at radius 2 is 2.33 bits per heavy atom. The molecule has 0 bridgehead atoms. The molecular weight excluding hydrogens is 221 g/mol. The molecule has 15 heavy (non-hydrogen) atoms. The Morgan fingerprint density at radius 3 is 2.93 bits per heavy atom. The molecule has 0 saturated heterocycles. The minimum atomic E-state index is -0.574. The summed E-state index contributed by atoms with van der Waals surface area (Å²) < 4.78 is 17.9. The molecule has 2 aromatic rings. The summed E-state index contributed by atoms with van der Waals surface area (Å²) in [5.74, 6) is -1.13. The van der Waals surface area contributed by atoms with Gasteiger partial charge in [-0.1, -0.05) is 0 Å². The number of methoxy groups -OCH3 is 1. The van der Waals surface area contributed by atoms with Gasteiger partial charge in [-0.2, -0.15) is 0 Å².